The molecule has 0 aromatic carbocycles. The van der Waals surface area contributed by atoms with Gasteiger partial charge in [-0.25, -0.2) is 0 Å². The van der Waals surface area contributed by atoms with E-state index in [2.05, 4.69) is 18.7 Å². The number of likely N-dealkylation sites (N-methyl/N-ethyl adjacent to an activating group) is 1. The van der Waals surface area contributed by atoms with E-state index >= 15 is 0 Å². The van der Waals surface area contributed by atoms with Gasteiger partial charge in [0.2, 0.25) is 0 Å². The molecule has 0 aromatic rings. The minimum Gasteiger partial charge on any atom is -0.389 e. The average molecular weight is 249 g/mol. The lowest BCUT2D eigenvalue weighted by molar-refractivity contribution is -0.0101. The van der Waals surface area contributed by atoms with Gasteiger partial charge in [-0.1, -0.05) is 6.92 Å². The fraction of sp³-hybridized carbons (Fsp3) is 1.00. The van der Waals surface area contributed by atoms with Gasteiger partial charge in [0.25, 0.3) is 0 Å². The molecular weight excluding hydrogens is 222 g/mol. The van der Waals surface area contributed by atoms with E-state index in [1.54, 1.807) is 14.2 Å². The molecule has 0 amide bonds. The topological polar surface area (TPSA) is 51.2 Å². The summed E-state index contributed by atoms with van der Waals surface area (Å²) in [6.45, 7) is 7.76. The van der Waals surface area contributed by atoms with E-state index in [1.807, 2.05) is 0 Å². The highest BCUT2D eigenvalue weighted by molar-refractivity contribution is 4.69. The van der Waals surface area contributed by atoms with Crippen LogP contribution in [0.15, 0.2) is 0 Å². The van der Waals surface area contributed by atoms with Gasteiger partial charge in [-0.2, -0.15) is 0 Å². The Morgan fingerprint density at radius 1 is 1.12 bits per heavy atom. The van der Waals surface area contributed by atoms with Crippen molar-refractivity contribution < 1.29 is 19.3 Å². The quantitative estimate of drug-likeness (QED) is 0.536. The van der Waals surface area contributed by atoms with Crippen molar-refractivity contribution in [2.24, 2.45) is 0 Å². The molecule has 0 aromatic heterocycles. The van der Waals surface area contributed by atoms with Crippen LogP contribution in [0.5, 0.6) is 0 Å². The summed E-state index contributed by atoms with van der Waals surface area (Å²) in [5, 5.41) is 9.82. The number of aliphatic hydroxyl groups excluding tert-OH is 1. The first-order valence-electron chi connectivity index (χ1n) is 6.13. The minimum atomic E-state index is -0.467. The second-order valence-electron chi connectivity index (χ2n) is 4.11. The monoisotopic (exact) mass is 249 g/mol. The van der Waals surface area contributed by atoms with Gasteiger partial charge >= 0.3 is 0 Å². The van der Waals surface area contributed by atoms with Crippen LogP contribution in [0.25, 0.3) is 0 Å². The van der Waals surface area contributed by atoms with Gasteiger partial charge in [0.1, 0.15) is 0 Å². The molecule has 0 spiro atoms. The molecule has 104 valence electrons. The third-order valence-corrected chi connectivity index (χ3v) is 2.62. The van der Waals surface area contributed by atoms with Crippen LogP contribution in [0.2, 0.25) is 0 Å². The molecule has 0 fully saturated rings. The standard InChI is InChI=1S/C12H27NO4/c1-5-13(11(2)9-16-4)8-12(14)10-17-7-6-15-3/h11-12,14H,5-10H2,1-4H3. The Bertz CT molecular complexity index is 169. The van der Waals surface area contributed by atoms with E-state index in [9.17, 15) is 5.11 Å². The molecule has 5 nitrogen and oxygen atoms in total. The zero-order valence-corrected chi connectivity index (χ0v) is 11.5. The predicted octanol–water partition coefficient (Wildman–Crippen LogP) is 0.367. The zero-order valence-electron chi connectivity index (χ0n) is 11.5. The highest BCUT2D eigenvalue weighted by Crippen LogP contribution is 2.01. The van der Waals surface area contributed by atoms with Crippen LogP contribution in [0.3, 0.4) is 0 Å². The Morgan fingerprint density at radius 3 is 2.35 bits per heavy atom. The van der Waals surface area contributed by atoms with Crippen LogP contribution < -0.4 is 0 Å². The van der Waals surface area contributed by atoms with E-state index < -0.39 is 6.10 Å². The van der Waals surface area contributed by atoms with Crippen LogP contribution in [-0.2, 0) is 14.2 Å². The first-order chi connectivity index (χ1) is 8.15. The molecule has 5 heteroatoms. The molecule has 0 saturated heterocycles. The maximum absolute atomic E-state index is 9.82. The Hall–Kier alpha value is -0.200. The average Bonchev–Trinajstić information content (AvgIpc) is 2.32. The summed E-state index contributed by atoms with van der Waals surface area (Å²) in [6, 6.07) is 0.304. The summed E-state index contributed by atoms with van der Waals surface area (Å²) >= 11 is 0. The maximum Gasteiger partial charge on any atom is 0.0900 e. The summed E-state index contributed by atoms with van der Waals surface area (Å²) < 4.78 is 15.3. The van der Waals surface area contributed by atoms with Gasteiger partial charge in [0.05, 0.1) is 32.5 Å². The Morgan fingerprint density at radius 2 is 1.82 bits per heavy atom. The van der Waals surface area contributed by atoms with Gasteiger partial charge in [0.15, 0.2) is 0 Å². The third-order valence-electron chi connectivity index (χ3n) is 2.62. The number of ether oxygens (including phenoxy) is 3. The van der Waals surface area contributed by atoms with Crippen molar-refractivity contribution in [3.05, 3.63) is 0 Å². The van der Waals surface area contributed by atoms with Gasteiger partial charge in [-0.05, 0) is 13.5 Å². The summed E-state index contributed by atoms with van der Waals surface area (Å²) in [4.78, 5) is 2.17. The first-order valence-corrected chi connectivity index (χ1v) is 6.13. The molecule has 0 radical (unpaired) electrons. The normalized spacial score (nSPS) is 15.2. The van der Waals surface area contributed by atoms with Crippen molar-refractivity contribution in [2.45, 2.75) is 26.0 Å². The molecule has 17 heavy (non-hydrogen) atoms. The van der Waals surface area contributed by atoms with Crippen molar-refractivity contribution in [1.82, 2.24) is 4.90 Å². The number of methoxy groups -OCH3 is 2. The SMILES string of the molecule is CCN(CC(O)COCCOC)C(C)COC. The summed E-state index contributed by atoms with van der Waals surface area (Å²) in [5.74, 6) is 0. The molecule has 0 rings (SSSR count). The Balaban J connectivity index is 3.77. The largest absolute Gasteiger partial charge is 0.389 e. The molecule has 1 N–H and O–H groups in total. The lowest BCUT2D eigenvalue weighted by Gasteiger charge is -2.29. The summed E-state index contributed by atoms with van der Waals surface area (Å²) in [5.41, 5.74) is 0. The van der Waals surface area contributed by atoms with Gasteiger partial charge in [-0.3, -0.25) is 4.90 Å². The summed E-state index contributed by atoms with van der Waals surface area (Å²) in [6.07, 6.45) is -0.467. The lowest BCUT2D eigenvalue weighted by Crippen LogP contribution is -2.42. The highest BCUT2D eigenvalue weighted by atomic mass is 16.5. The molecule has 0 heterocycles. The second kappa shape index (κ2) is 10.9. The van der Waals surface area contributed by atoms with Gasteiger partial charge in [0, 0.05) is 26.8 Å². The number of hydrogen-bond donors (Lipinski definition) is 1. The predicted molar refractivity (Wildman–Crippen MR) is 67.3 cm³/mol. The number of aliphatic hydroxyl groups is 1. The third kappa shape index (κ3) is 8.51. The van der Waals surface area contributed by atoms with Crippen molar-refractivity contribution >= 4 is 0 Å². The fourth-order valence-electron chi connectivity index (χ4n) is 1.65. The lowest BCUT2D eigenvalue weighted by atomic mass is 10.2. The molecule has 0 aliphatic carbocycles. The zero-order chi connectivity index (χ0) is 13.1. The molecular formula is C12H27NO4. The van der Waals surface area contributed by atoms with Crippen LogP contribution in [0.4, 0.5) is 0 Å². The second-order valence-corrected chi connectivity index (χ2v) is 4.11. The van der Waals surface area contributed by atoms with Crippen LogP contribution >= 0.6 is 0 Å². The number of nitrogens with zero attached hydrogens (tertiary/aromatic N) is 1. The van der Waals surface area contributed by atoms with Crippen molar-refractivity contribution in [2.75, 3.05) is 53.7 Å². The van der Waals surface area contributed by atoms with Crippen molar-refractivity contribution in [3.63, 3.8) is 0 Å². The van der Waals surface area contributed by atoms with Crippen LogP contribution in [-0.4, -0.2) is 75.9 Å². The van der Waals surface area contributed by atoms with Crippen molar-refractivity contribution in [1.29, 1.82) is 0 Å². The minimum absolute atomic E-state index is 0.304. The van der Waals surface area contributed by atoms with Crippen LogP contribution in [0, 0.1) is 0 Å². The molecule has 2 unspecified atom stereocenters. The Kier molecular flexibility index (Phi) is 10.8. The molecule has 0 bridgehead atoms. The maximum atomic E-state index is 9.82. The summed E-state index contributed by atoms with van der Waals surface area (Å²) in [7, 11) is 3.32. The molecule has 0 aliphatic rings. The molecule has 0 aliphatic heterocycles. The molecule has 0 saturated carbocycles. The molecule has 2 atom stereocenters. The number of rotatable bonds is 11. The van der Waals surface area contributed by atoms with E-state index in [-0.39, 0.29) is 0 Å². The van der Waals surface area contributed by atoms with E-state index in [4.69, 9.17) is 14.2 Å². The highest BCUT2D eigenvalue weighted by Gasteiger charge is 2.16. The van der Waals surface area contributed by atoms with E-state index in [1.165, 1.54) is 0 Å². The van der Waals surface area contributed by atoms with Crippen molar-refractivity contribution in [3.8, 4) is 0 Å². The fourth-order valence-corrected chi connectivity index (χ4v) is 1.65. The van der Waals surface area contributed by atoms with Gasteiger partial charge < -0.3 is 19.3 Å². The van der Waals surface area contributed by atoms with Gasteiger partial charge in [-0.15, -0.1) is 0 Å². The van der Waals surface area contributed by atoms with E-state index in [0.29, 0.717) is 39.0 Å². The van der Waals surface area contributed by atoms with Crippen LogP contribution in [0.1, 0.15) is 13.8 Å². The first kappa shape index (κ1) is 16.8. The smallest absolute Gasteiger partial charge is 0.0900 e. The number of hydrogen-bond acceptors (Lipinski definition) is 5. The Labute approximate surface area is 105 Å². The van der Waals surface area contributed by atoms with E-state index in [0.717, 1.165) is 6.54 Å².